The first kappa shape index (κ1) is 7.21. The molecule has 1 heterocycles. The normalized spacial score (nSPS) is 24.9. The Hall–Kier alpha value is -0.900. The van der Waals surface area contributed by atoms with Gasteiger partial charge >= 0.3 is 0 Å². The quantitative estimate of drug-likeness (QED) is 0.556. The van der Waals surface area contributed by atoms with Crippen LogP contribution in [-0.2, 0) is 0 Å². The number of hydrogen-bond acceptors (Lipinski definition) is 3. The highest BCUT2D eigenvalue weighted by Gasteiger charge is 2.13. The van der Waals surface area contributed by atoms with E-state index in [0.29, 0.717) is 0 Å². The van der Waals surface area contributed by atoms with Gasteiger partial charge in [0.2, 0.25) is 0 Å². The number of aliphatic imine (C=N–C) groups is 1. The molecule has 0 radical (unpaired) electrons. The van der Waals surface area contributed by atoms with Crippen molar-refractivity contribution >= 4 is 5.84 Å². The number of hydrogen-bond donors (Lipinski definition) is 2. The lowest BCUT2D eigenvalue weighted by Crippen LogP contribution is -2.32. The summed E-state index contributed by atoms with van der Waals surface area (Å²) in [5.74, 6) is 0.439. The summed E-state index contributed by atoms with van der Waals surface area (Å²) in [5, 5.41) is 5.38. The summed E-state index contributed by atoms with van der Waals surface area (Å²) in [6.45, 7) is 1.78. The van der Waals surface area contributed by atoms with Gasteiger partial charge in [-0.2, -0.15) is 0 Å². The Labute approximate surface area is 59.0 Å². The maximum Gasteiger partial charge on any atom is 0.155 e. The van der Waals surface area contributed by atoms with Crippen LogP contribution in [0.1, 0.15) is 6.92 Å². The van der Waals surface area contributed by atoms with E-state index in [-0.39, 0.29) is 5.83 Å². The van der Waals surface area contributed by atoms with Gasteiger partial charge in [-0.05, 0) is 14.0 Å². The van der Waals surface area contributed by atoms with E-state index >= 15 is 0 Å². The van der Waals surface area contributed by atoms with Crippen molar-refractivity contribution in [2.75, 3.05) is 7.05 Å². The van der Waals surface area contributed by atoms with Crippen molar-refractivity contribution in [2.45, 2.75) is 13.1 Å². The molecule has 0 fully saturated rings. The molecule has 0 aliphatic carbocycles. The van der Waals surface area contributed by atoms with Crippen molar-refractivity contribution in [3.8, 4) is 0 Å². The number of nitrogens with one attached hydrogen (secondary N) is 2. The lowest BCUT2D eigenvalue weighted by atomic mass is 10.4. The molecule has 1 rings (SSSR count). The van der Waals surface area contributed by atoms with Gasteiger partial charge in [0.15, 0.2) is 12.0 Å². The summed E-state index contributed by atoms with van der Waals surface area (Å²) in [6, 6.07) is 0. The molecule has 0 saturated carbocycles. The van der Waals surface area contributed by atoms with E-state index in [1.54, 1.807) is 14.0 Å². The first-order chi connectivity index (χ1) is 4.74. The first-order valence-electron chi connectivity index (χ1n) is 3.08. The van der Waals surface area contributed by atoms with Crippen LogP contribution >= 0.6 is 0 Å². The molecule has 1 atom stereocenters. The number of nitrogens with zero attached hydrogens (tertiary/aromatic N) is 1. The number of rotatable bonds is 1. The maximum absolute atomic E-state index is 12.7. The summed E-state index contributed by atoms with van der Waals surface area (Å²) in [4.78, 5) is 3.93. The minimum atomic E-state index is -0.499. The zero-order valence-corrected chi connectivity index (χ0v) is 5.98. The smallest absolute Gasteiger partial charge is 0.155 e. The van der Waals surface area contributed by atoms with Crippen LogP contribution in [0, 0.1) is 0 Å². The van der Waals surface area contributed by atoms with Crippen LogP contribution in [0.15, 0.2) is 17.0 Å². The average Bonchev–Trinajstić information content (AvgIpc) is 1.94. The van der Waals surface area contributed by atoms with Gasteiger partial charge in [-0.25, -0.2) is 9.38 Å². The van der Waals surface area contributed by atoms with Gasteiger partial charge in [0.1, 0.15) is 0 Å². The fourth-order valence-corrected chi connectivity index (χ4v) is 0.747. The van der Waals surface area contributed by atoms with Crippen LogP contribution in [0.25, 0.3) is 0 Å². The molecule has 2 N–H and O–H groups in total. The van der Waals surface area contributed by atoms with E-state index < -0.39 is 6.17 Å². The largest absolute Gasteiger partial charge is 0.348 e. The molecule has 0 saturated heterocycles. The van der Waals surface area contributed by atoms with Crippen molar-refractivity contribution in [3.63, 3.8) is 0 Å². The average molecular weight is 143 g/mol. The van der Waals surface area contributed by atoms with Gasteiger partial charge in [-0.1, -0.05) is 0 Å². The van der Waals surface area contributed by atoms with Crippen LogP contribution in [0.3, 0.4) is 0 Å². The first-order valence-corrected chi connectivity index (χ1v) is 3.08. The molecular weight excluding hydrogens is 133 g/mol. The van der Waals surface area contributed by atoms with E-state index in [9.17, 15) is 4.39 Å². The van der Waals surface area contributed by atoms with Crippen LogP contribution in [0.2, 0.25) is 0 Å². The van der Waals surface area contributed by atoms with Gasteiger partial charge in [0, 0.05) is 6.20 Å². The molecule has 1 aliphatic rings. The Morgan fingerprint density at radius 3 is 3.00 bits per heavy atom. The SMILES string of the molecule is CNC1N=C(C)NC=C1F. The Bertz CT molecular complexity index is 185. The number of halogens is 1. The predicted molar refractivity (Wildman–Crippen MR) is 38.3 cm³/mol. The second-order valence-corrected chi connectivity index (χ2v) is 2.08. The van der Waals surface area contributed by atoms with Crippen molar-refractivity contribution in [3.05, 3.63) is 12.0 Å². The van der Waals surface area contributed by atoms with Crippen molar-refractivity contribution in [2.24, 2.45) is 4.99 Å². The zero-order chi connectivity index (χ0) is 7.56. The topological polar surface area (TPSA) is 36.4 Å². The summed E-state index contributed by atoms with van der Waals surface area (Å²) in [6.07, 6.45) is 0.810. The molecular formula is C6H10FN3. The van der Waals surface area contributed by atoms with E-state index in [1.165, 1.54) is 6.20 Å². The minimum Gasteiger partial charge on any atom is -0.348 e. The van der Waals surface area contributed by atoms with Crippen molar-refractivity contribution in [1.82, 2.24) is 10.6 Å². The van der Waals surface area contributed by atoms with E-state index in [0.717, 1.165) is 5.84 Å². The Kier molecular flexibility index (Phi) is 2.01. The van der Waals surface area contributed by atoms with Crippen LogP contribution < -0.4 is 10.6 Å². The fraction of sp³-hybridized carbons (Fsp3) is 0.500. The molecule has 0 aromatic rings. The Balaban J connectivity index is 2.68. The van der Waals surface area contributed by atoms with Gasteiger partial charge in [0.05, 0.1) is 5.84 Å². The van der Waals surface area contributed by atoms with E-state index in [2.05, 4.69) is 15.6 Å². The van der Waals surface area contributed by atoms with Crippen LogP contribution in [0.4, 0.5) is 4.39 Å². The molecule has 10 heavy (non-hydrogen) atoms. The maximum atomic E-state index is 12.7. The summed E-state index contributed by atoms with van der Waals surface area (Å²) in [5.41, 5.74) is 0. The van der Waals surface area contributed by atoms with Crippen molar-refractivity contribution < 1.29 is 4.39 Å². The lowest BCUT2D eigenvalue weighted by molar-refractivity contribution is 0.491. The number of amidine groups is 1. The molecule has 1 aliphatic heterocycles. The fourth-order valence-electron chi connectivity index (χ4n) is 0.747. The van der Waals surface area contributed by atoms with Gasteiger partial charge in [-0.3, -0.25) is 5.32 Å². The summed E-state index contributed by atoms with van der Waals surface area (Å²) >= 11 is 0. The molecule has 4 heteroatoms. The Morgan fingerprint density at radius 2 is 2.50 bits per heavy atom. The third-order valence-corrected chi connectivity index (χ3v) is 1.28. The number of likely N-dealkylation sites (N-methyl/N-ethyl adjacent to an activating group) is 1. The third kappa shape index (κ3) is 1.33. The van der Waals surface area contributed by atoms with Crippen molar-refractivity contribution in [1.29, 1.82) is 0 Å². The monoisotopic (exact) mass is 143 g/mol. The molecule has 0 aromatic carbocycles. The van der Waals surface area contributed by atoms with Gasteiger partial charge in [0.25, 0.3) is 0 Å². The molecule has 56 valence electrons. The highest BCUT2D eigenvalue weighted by atomic mass is 19.1. The summed E-state index contributed by atoms with van der Waals surface area (Å²) < 4.78 is 12.7. The van der Waals surface area contributed by atoms with Gasteiger partial charge in [-0.15, -0.1) is 0 Å². The highest BCUT2D eigenvalue weighted by molar-refractivity contribution is 5.81. The van der Waals surface area contributed by atoms with E-state index in [4.69, 9.17) is 0 Å². The Morgan fingerprint density at radius 1 is 1.80 bits per heavy atom. The predicted octanol–water partition coefficient (Wildman–Crippen LogP) is 0.364. The standard InChI is InChI=1S/C6H10FN3/c1-4-9-3-5(7)6(8-2)10-4/h3,6,8H,1-2H3,(H,9,10). The van der Waals surface area contributed by atoms with Gasteiger partial charge < -0.3 is 5.32 Å². The molecule has 0 bridgehead atoms. The molecule has 1 unspecified atom stereocenters. The molecule has 0 aromatic heterocycles. The minimum absolute atomic E-state index is 0.284. The molecule has 0 spiro atoms. The van der Waals surface area contributed by atoms with Crippen LogP contribution in [-0.4, -0.2) is 19.0 Å². The highest BCUT2D eigenvalue weighted by Crippen LogP contribution is 2.07. The van der Waals surface area contributed by atoms with E-state index in [1.807, 2.05) is 0 Å². The van der Waals surface area contributed by atoms with Crippen LogP contribution in [0.5, 0.6) is 0 Å². The second-order valence-electron chi connectivity index (χ2n) is 2.08. The zero-order valence-electron chi connectivity index (χ0n) is 5.98. The molecule has 0 amide bonds. The summed E-state index contributed by atoms with van der Waals surface area (Å²) in [7, 11) is 1.67. The second kappa shape index (κ2) is 2.79. The third-order valence-electron chi connectivity index (χ3n) is 1.28. The molecule has 3 nitrogen and oxygen atoms in total. The lowest BCUT2D eigenvalue weighted by Gasteiger charge is -2.15.